The Morgan fingerprint density at radius 2 is 2.11 bits per heavy atom. The molecule has 1 aromatic carbocycles. The summed E-state index contributed by atoms with van der Waals surface area (Å²) in [4.78, 5) is 0.190. The van der Waals surface area contributed by atoms with Gasteiger partial charge in [-0.3, -0.25) is 0 Å². The minimum atomic E-state index is -3.24. The Hall–Kier alpha value is -1.18. The first kappa shape index (κ1) is 14.2. The van der Waals surface area contributed by atoms with Gasteiger partial charge in [-0.2, -0.15) is 5.10 Å². The predicted molar refractivity (Wildman–Crippen MR) is 77.0 cm³/mol. The van der Waals surface area contributed by atoms with Crippen LogP contribution in [0.1, 0.15) is 18.5 Å². The van der Waals surface area contributed by atoms with Crippen molar-refractivity contribution in [2.75, 3.05) is 6.26 Å². The maximum absolute atomic E-state index is 11.4. The van der Waals surface area contributed by atoms with Gasteiger partial charge in [0.2, 0.25) is 0 Å². The molecule has 0 saturated carbocycles. The van der Waals surface area contributed by atoms with Crippen LogP contribution >= 0.6 is 15.9 Å². The summed E-state index contributed by atoms with van der Waals surface area (Å²) in [6, 6.07) is 5.59. The summed E-state index contributed by atoms with van der Waals surface area (Å²) in [6.45, 7) is 1.90. The van der Waals surface area contributed by atoms with Gasteiger partial charge < -0.3 is 5.73 Å². The van der Waals surface area contributed by atoms with Crippen LogP contribution in [0.3, 0.4) is 0 Å². The number of sulfone groups is 1. The molecule has 102 valence electrons. The van der Waals surface area contributed by atoms with E-state index < -0.39 is 9.84 Å². The van der Waals surface area contributed by atoms with Gasteiger partial charge in [0, 0.05) is 23.0 Å². The number of benzene rings is 1. The van der Waals surface area contributed by atoms with Gasteiger partial charge in [-0.25, -0.2) is 13.1 Å². The van der Waals surface area contributed by atoms with E-state index in [-0.39, 0.29) is 10.9 Å². The third kappa shape index (κ3) is 3.05. The fraction of sp³-hybridized carbons (Fsp3) is 0.250. The van der Waals surface area contributed by atoms with Crippen molar-refractivity contribution in [3.63, 3.8) is 0 Å². The Labute approximate surface area is 120 Å². The Morgan fingerprint density at radius 1 is 1.42 bits per heavy atom. The molecule has 0 saturated heterocycles. The van der Waals surface area contributed by atoms with E-state index >= 15 is 0 Å². The molecule has 2 aromatic rings. The molecule has 2 N–H and O–H groups in total. The maximum atomic E-state index is 11.4. The largest absolute Gasteiger partial charge is 0.324 e. The second-order valence-corrected chi connectivity index (χ2v) is 7.26. The fourth-order valence-corrected chi connectivity index (χ4v) is 2.73. The summed E-state index contributed by atoms with van der Waals surface area (Å²) in [7, 11) is -3.24. The molecule has 0 unspecified atom stereocenters. The zero-order valence-electron chi connectivity index (χ0n) is 10.5. The lowest BCUT2D eigenvalue weighted by molar-refractivity contribution is 0.602. The molecule has 1 atom stereocenters. The van der Waals surface area contributed by atoms with Gasteiger partial charge in [0.15, 0.2) is 9.84 Å². The molecule has 0 aliphatic carbocycles. The molecule has 7 heteroatoms. The van der Waals surface area contributed by atoms with Crippen LogP contribution in [-0.4, -0.2) is 24.5 Å². The number of nitrogens with zero attached hydrogens (tertiary/aromatic N) is 2. The molecule has 2 rings (SSSR count). The van der Waals surface area contributed by atoms with E-state index in [0.29, 0.717) is 0 Å². The molecular weight excluding hydrogens is 330 g/mol. The molecule has 1 heterocycles. The molecule has 19 heavy (non-hydrogen) atoms. The minimum Gasteiger partial charge on any atom is -0.324 e. The number of aromatic nitrogens is 2. The van der Waals surface area contributed by atoms with E-state index in [2.05, 4.69) is 21.0 Å². The van der Waals surface area contributed by atoms with Crippen LogP contribution in [0.4, 0.5) is 0 Å². The average molecular weight is 344 g/mol. The second kappa shape index (κ2) is 5.07. The van der Waals surface area contributed by atoms with Crippen molar-refractivity contribution in [3.8, 4) is 5.69 Å². The Morgan fingerprint density at radius 3 is 2.58 bits per heavy atom. The Bertz CT molecular complexity index is 708. The van der Waals surface area contributed by atoms with Crippen molar-refractivity contribution >= 4 is 25.8 Å². The highest BCUT2D eigenvalue weighted by Crippen LogP contribution is 2.25. The minimum absolute atomic E-state index is 0.0606. The van der Waals surface area contributed by atoms with Crippen LogP contribution in [0, 0.1) is 0 Å². The highest BCUT2D eigenvalue weighted by Gasteiger charge is 2.12. The first-order valence-corrected chi connectivity index (χ1v) is 8.27. The van der Waals surface area contributed by atoms with Crippen LogP contribution in [0.25, 0.3) is 5.69 Å². The van der Waals surface area contributed by atoms with Gasteiger partial charge in [-0.05, 0) is 40.5 Å². The molecule has 0 fully saturated rings. The lowest BCUT2D eigenvalue weighted by Gasteiger charge is -2.09. The lowest BCUT2D eigenvalue weighted by Crippen LogP contribution is -2.05. The third-order valence-corrected chi connectivity index (χ3v) is 4.43. The predicted octanol–water partition coefficient (Wildman–Crippen LogP) is 2.06. The normalized spacial score (nSPS) is 13.5. The molecule has 0 radical (unpaired) electrons. The van der Waals surface area contributed by atoms with Gasteiger partial charge >= 0.3 is 0 Å². The van der Waals surface area contributed by atoms with Crippen LogP contribution in [0.5, 0.6) is 0 Å². The number of rotatable bonds is 3. The van der Waals surface area contributed by atoms with Crippen molar-refractivity contribution in [1.82, 2.24) is 9.78 Å². The molecule has 1 aromatic heterocycles. The van der Waals surface area contributed by atoms with E-state index in [1.54, 1.807) is 0 Å². The monoisotopic (exact) mass is 343 g/mol. The van der Waals surface area contributed by atoms with Gasteiger partial charge in [-0.15, -0.1) is 0 Å². The van der Waals surface area contributed by atoms with E-state index in [9.17, 15) is 8.42 Å². The van der Waals surface area contributed by atoms with E-state index in [1.807, 2.05) is 25.1 Å². The summed E-state index contributed by atoms with van der Waals surface area (Å²) < 4.78 is 25.2. The highest BCUT2D eigenvalue weighted by atomic mass is 79.9. The standard InChI is InChI=1S/C12H14BrN3O2S/c1-8(14)9-3-4-12(11(13)5-9)16-7-10(6-15-16)19(2,17)18/h3-8H,14H2,1-2H3/t8-/m0/s1. The Kier molecular flexibility index (Phi) is 3.80. The SMILES string of the molecule is C[C@H](N)c1ccc(-n2cc(S(C)(=O)=O)cn2)c(Br)c1. The van der Waals surface area contributed by atoms with Crippen molar-refractivity contribution in [2.45, 2.75) is 17.9 Å². The van der Waals surface area contributed by atoms with Crippen molar-refractivity contribution in [1.29, 1.82) is 0 Å². The molecule has 5 nitrogen and oxygen atoms in total. The average Bonchev–Trinajstić information content (AvgIpc) is 2.77. The summed E-state index contributed by atoms with van der Waals surface area (Å²) in [6.07, 6.45) is 3.98. The van der Waals surface area contributed by atoms with E-state index in [0.717, 1.165) is 22.0 Å². The number of hydrogen-bond donors (Lipinski definition) is 1. The molecular formula is C12H14BrN3O2S. The van der Waals surface area contributed by atoms with E-state index in [1.165, 1.54) is 17.1 Å². The second-order valence-electron chi connectivity index (χ2n) is 4.39. The van der Waals surface area contributed by atoms with Gasteiger partial charge in [0.25, 0.3) is 0 Å². The molecule has 0 spiro atoms. The quantitative estimate of drug-likeness (QED) is 0.925. The summed E-state index contributed by atoms with van der Waals surface area (Å²) in [5, 5.41) is 4.06. The topological polar surface area (TPSA) is 78.0 Å². The number of hydrogen-bond acceptors (Lipinski definition) is 4. The summed E-state index contributed by atoms with van der Waals surface area (Å²) in [5.41, 5.74) is 7.56. The van der Waals surface area contributed by atoms with Crippen LogP contribution < -0.4 is 5.73 Å². The first-order chi connectivity index (χ1) is 8.79. The molecule has 0 amide bonds. The van der Waals surface area contributed by atoms with Gasteiger partial charge in [-0.1, -0.05) is 6.07 Å². The zero-order valence-corrected chi connectivity index (χ0v) is 12.9. The first-order valence-electron chi connectivity index (χ1n) is 5.59. The summed E-state index contributed by atoms with van der Waals surface area (Å²) >= 11 is 3.45. The smallest absolute Gasteiger partial charge is 0.178 e. The van der Waals surface area contributed by atoms with Crippen LogP contribution in [0.15, 0.2) is 40.0 Å². The van der Waals surface area contributed by atoms with Crippen LogP contribution in [0.2, 0.25) is 0 Å². The number of halogens is 1. The van der Waals surface area contributed by atoms with Gasteiger partial charge in [0.05, 0.1) is 11.9 Å². The summed E-state index contributed by atoms with van der Waals surface area (Å²) in [5.74, 6) is 0. The molecule has 0 aliphatic rings. The lowest BCUT2D eigenvalue weighted by atomic mass is 10.1. The zero-order chi connectivity index (χ0) is 14.2. The van der Waals surface area contributed by atoms with Crippen molar-refractivity contribution < 1.29 is 8.42 Å². The highest BCUT2D eigenvalue weighted by molar-refractivity contribution is 9.10. The van der Waals surface area contributed by atoms with Crippen LogP contribution in [-0.2, 0) is 9.84 Å². The molecule has 0 aliphatic heterocycles. The van der Waals surface area contributed by atoms with Crippen molar-refractivity contribution in [2.24, 2.45) is 5.73 Å². The number of nitrogens with two attached hydrogens (primary N) is 1. The van der Waals surface area contributed by atoms with Gasteiger partial charge in [0.1, 0.15) is 4.90 Å². The molecule has 0 bridgehead atoms. The fourth-order valence-electron chi connectivity index (χ4n) is 1.62. The third-order valence-electron chi connectivity index (χ3n) is 2.73. The Balaban J connectivity index is 2.45. The maximum Gasteiger partial charge on any atom is 0.178 e. The van der Waals surface area contributed by atoms with E-state index in [4.69, 9.17) is 5.73 Å². The van der Waals surface area contributed by atoms with Crippen molar-refractivity contribution in [3.05, 3.63) is 40.6 Å².